The number of pyridine rings is 1. The monoisotopic (exact) mass is 484 g/mol. The summed E-state index contributed by atoms with van der Waals surface area (Å²) in [7, 11) is 2.16. The second kappa shape index (κ2) is 8.78. The number of hydrogen-bond donors (Lipinski definition) is 1. The molecule has 0 radical (unpaired) electrons. The normalized spacial score (nSPS) is 20.9. The molecule has 9 nitrogen and oxygen atoms in total. The zero-order chi connectivity index (χ0) is 24.9. The molecule has 0 aliphatic carbocycles. The molecule has 0 spiro atoms. The molecule has 5 rings (SSSR count). The van der Waals surface area contributed by atoms with Crippen LogP contribution in [0.2, 0.25) is 0 Å². The van der Waals surface area contributed by atoms with E-state index in [0.29, 0.717) is 35.4 Å². The Morgan fingerprint density at radius 1 is 1.26 bits per heavy atom. The molecular weight excluding hydrogens is 454 g/mol. The first-order chi connectivity index (χ1) is 16.6. The van der Waals surface area contributed by atoms with Crippen molar-refractivity contribution in [1.82, 2.24) is 29.6 Å². The molecule has 3 aromatic heterocycles. The first kappa shape index (κ1) is 23.5. The van der Waals surface area contributed by atoms with Crippen molar-refractivity contribution in [2.45, 2.75) is 52.0 Å². The summed E-state index contributed by atoms with van der Waals surface area (Å²) in [5.41, 5.74) is 1.13. The standard InChI is InChI=1S/C24H30F2N8O/c1-5-16-9-21(30-23(29-16)24(3,25)26)34-18-10-20(28-14(2)35)27-11-17(18)22(31-34)33-12-15-7-6-8-32(4)19(15)13-33/h9-11,15,19H,5-8,12-13H2,1-4H3,(H,27,28,35)/t15-,19+/m1/s1. The number of alkyl halides is 2. The summed E-state index contributed by atoms with van der Waals surface area (Å²) < 4.78 is 30.0. The average Bonchev–Trinajstić information content (AvgIpc) is 3.40. The van der Waals surface area contributed by atoms with Crippen molar-refractivity contribution in [3.63, 3.8) is 0 Å². The zero-order valence-corrected chi connectivity index (χ0v) is 20.4. The van der Waals surface area contributed by atoms with Crippen LogP contribution >= 0.6 is 0 Å². The molecule has 2 aliphatic heterocycles. The lowest BCUT2D eigenvalue weighted by molar-refractivity contribution is -0.114. The van der Waals surface area contributed by atoms with Gasteiger partial charge in [-0.3, -0.25) is 4.79 Å². The highest BCUT2D eigenvalue weighted by molar-refractivity contribution is 5.95. The minimum absolute atomic E-state index is 0.252. The van der Waals surface area contributed by atoms with E-state index in [2.05, 4.69) is 37.1 Å². The van der Waals surface area contributed by atoms with Gasteiger partial charge in [-0.15, -0.1) is 5.10 Å². The highest BCUT2D eigenvalue weighted by Gasteiger charge is 2.39. The Hall–Kier alpha value is -3.21. The molecule has 1 amide bonds. The molecule has 2 atom stereocenters. The summed E-state index contributed by atoms with van der Waals surface area (Å²) in [5.74, 6) is -2.07. The van der Waals surface area contributed by atoms with E-state index < -0.39 is 11.7 Å². The van der Waals surface area contributed by atoms with Gasteiger partial charge >= 0.3 is 5.92 Å². The number of rotatable bonds is 5. The Balaban J connectivity index is 1.65. The van der Waals surface area contributed by atoms with Crippen molar-refractivity contribution in [3.05, 3.63) is 29.8 Å². The number of hydrogen-bond acceptors (Lipinski definition) is 7. The molecule has 3 aromatic rings. The van der Waals surface area contributed by atoms with Gasteiger partial charge in [-0.25, -0.2) is 19.6 Å². The third-order valence-corrected chi connectivity index (χ3v) is 6.95. The number of fused-ring (bicyclic) bond motifs is 2. The number of likely N-dealkylation sites (tertiary alicyclic amines) is 1. The van der Waals surface area contributed by atoms with Gasteiger partial charge in [0.2, 0.25) is 11.7 Å². The van der Waals surface area contributed by atoms with Crippen LogP contribution in [0.25, 0.3) is 16.7 Å². The van der Waals surface area contributed by atoms with Gasteiger partial charge in [-0.2, -0.15) is 8.78 Å². The molecule has 0 aromatic carbocycles. The summed E-state index contributed by atoms with van der Waals surface area (Å²) in [6.07, 6.45) is 4.51. The molecule has 5 heterocycles. The molecule has 2 fully saturated rings. The van der Waals surface area contributed by atoms with Gasteiger partial charge in [0.15, 0.2) is 11.6 Å². The van der Waals surface area contributed by atoms with E-state index in [1.54, 1.807) is 23.0 Å². The fraction of sp³-hybridized carbons (Fsp3) is 0.542. The van der Waals surface area contributed by atoms with Crippen LogP contribution in [-0.4, -0.2) is 68.3 Å². The summed E-state index contributed by atoms with van der Waals surface area (Å²) in [5, 5.41) is 8.35. The number of aromatic nitrogens is 5. The maximum atomic E-state index is 14.2. The highest BCUT2D eigenvalue weighted by Crippen LogP contribution is 2.36. The van der Waals surface area contributed by atoms with Gasteiger partial charge in [-0.05, 0) is 38.8 Å². The topological polar surface area (TPSA) is 92.1 Å². The third-order valence-electron chi connectivity index (χ3n) is 6.95. The van der Waals surface area contributed by atoms with Crippen LogP contribution in [-0.2, 0) is 17.1 Å². The number of carbonyl (C=O) groups is 1. The molecule has 186 valence electrons. The van der Waals surface area contributed by atoms with E-state index in [4.69, 9.17) is 5.10 Å². The van der Waals surface area contributed by atoms with Crippen LogP contribution in [0.4, 0.5) is 20.4 Å². The summed E-state index contributed by atoms with van der Waals surface area (Å²) >= 11 is 0. The first-order valence-electron chi connectivity index (χ1n) is 12.0. The van der Waals surface area contributed by atoms with Crippen LogP contribution in [0.1, 0.15) is 45.1 Å². The summed E-state index contributed by atoms with van der Waals surface area (Å²) in [4.78, 5) is 28.9. The SMILES string of the molecule is CCc1cc(-n2nc(N3C[C@H]4CCCN(C)[C@H]4C3)c3cnc(NC(C)=O)cc32)nc(C(C)(F)F)n1. The Morgan fingerprint density at radius 3 is 2.74 bits per heavy atom. The van der Waals surface area contributed by atoms with E-state index in [9.17, 15) is 13.6 Å². The maximum absolute atomic E-state index is 14.2. The lowest BCUT2D eigenvalue weighted by Gasteiger charge is -2.33. The van der Waals surface area contributed by atoms with E-state index in [0.717, 1.165) is 37.8 Å². The number of nitrogens with zero attached hydrogens (tertiary/aromatic N) is 7. The van der Waals surface area contributed by atoms with Crippen molar-refractivity contribution >= 4 is 28.4 Å². The number of amides is 1. The lowest BCUT2D eigenvalue weighted by atomic mass is 9.93. The number of aryl methyl sites for hydroxylation is 1. The smallest absolute Gasteiger partial charge is 0.303 e. The highest BCUT2D eigenvalue weighted by atomic mass is 19.3. The fourth-order valence-electron chi connectivity index (χ4n) is 5.20. The van der Waals surface area contributed by atoms with Crippen molar-refractivity contribution in [2.75, 3.05) is 36.9 Å². The largest absolute Gasteiger partial charge is 0.353 e. The zero-order valence-electron chi connectivity index (χ0n) is 20.4. The van der Waals surface area contributed by atoms with Crippen molar-refractivity contribution in [1.29, 1.82) is 0 Å². The number of carbonyl (C=O) groups excluding carboxylic acids is 1. The lowest BCUT2D eigenvalue weighted by Crippen LogP contribution is -2.42. The molecular formula is C24H30F2N8O. The Labute approximate surface area is 202 Å². The van der Waals surface area contributed by atoms with Crippen molar-refractivity contribution in [3.8, 4) is 5.82 Å². The van der Waals surface area contributed by atoms with E-state index in [-0.39, 0.29) is 11.7 Å². The Morgan fingerprint density at radius 2 is 2.06 bits per heavy atom. The molecule has 0 bridgehead atoms. The van der Waals surface area contributed by atoms with Gasteiger partial charge in [0.1, 0.15) is 5.82 Å². The second-order valence-electron chi connectivity index (χ2n) is 9.64. The Bertz CT molecular complexity index is 1270. The quantitative estimate of drug-likeness (QED) is 0.594. The molecule has 0 saturated carbocycles. The number of piperidine rings is 1. The number of anilines is 2. The van der Waals surface area contributed by atoms with Crippen LogP contribution in [0, 0.1) is 5.92 Å². The molecule has 2 saturated heterocycles. The molecule has 35 heavy (non-hydrogen) atoms. The first-order valence-corrected chi connectivity index (χ1v) is 12.0. The predicted octanol–water partition coefficient (Wildman–Crippen LogP) is 3.37. The Kier molecular flexibility index (Phi) is 5.90. The summed E-state index contributed by atoms with van der Waals surface area (Å²) in [6.45, 7) is 6.85. The van der Waals surface area contributed by atoms with Gasteiger partial charge in [0, 0.05) is 57.0 Å². The summed E-state index contributed by atoms with van der Waals surface area (Å²) in [6, 6.07) is 3.84. The van der Waals surface area contributed by atoms with Gasteiger partial charge in [-0.1, -0.05) is 6.92 Å². The maximum Gasteiger partial charge on any atom is 0.303 e. The minimum Gasteiger partial charge on any atom is -0.353 e. The number of halogens is 2. The third kappa shape index (κ3) is 4.44. The molecule has 1 N–H and O–H groups in total. The van der Waals surface area contributed by atoms with E-state index >= 15 is 0 Å². The average molecular weight is 485 g/mol. The predicted molar refractivity (Wildman–Crippen MR) is 129 cm³/mol. The number of likely N-dealkylation sites (N-methyl/N-ethyl adjacent to an activating group) is 1. The van der Waals surface area contributed by atoms with Crippen molar-refractivity contribution in [2.24, 2.45) is 5.92 Å². The van der Waals surface area contributed by atoms with Crippen LogP contribution < -0.4 is 10.2 Å². The van der Waals surface area contributed by atoms with Gasteiger partial charge in [0.25, 0.3) is 0 Å². The van der Waals surface area contributed by atoms with Crippen LogP contribution in [0.3, 0.4) is 0 Å². The van der Waals surface area contributed by atoms with Crippen molar-refractivity contribution < 1.29 is 13.6 Å². The number of nitrogens with one attached hydrogen (secondary N) is 1. The molecule has 0 unspecified atom stereocenters. The molecule has 11 heteroatoms. The van der Waals surface area contributed by atoms with Crippen LogP contribution in [0.15, 0.2) is 18.3 Å². The van der Waals surface area contributed by atoms with Crippen LogP contribution in [0.5, 0.6) is 0 Å². The minimum atomic E-state index is -3.19. The molecule has 2 aliphatic rings. The van der Waals surface area contributed by atoms with Gasteiger partial charge < -0.3 is 15.1 Å². The van der Waals surface area contributed by atoms with E-state index in [1.807, 2.05) is 6.92 Å². The van der Waals surface area contributed by atoms with E-state index in [1.165, 1.54) is 19.8 Å². The fourth-order valence-corrected chi connectivity index (χ4v) is 5.20. The second-order valence-corrected chi connectivity index (χ2v) is 9.64. The van der Waals surface area contributed by atoms with Gasteiger partial charge in [0.05, 0.1) is 10.9 Å².